The lowest BCUT2D eigenvalue weighted by atomic mass is 9.97. The van der Waals surface area contributed by atoms with Crippen LogP contribution < -0.4 is 4.74 Å². The lowest BCUT2D eigenvalue weighted by Crippen LogP contribution is -2.12. The molecule has 4 aromatic carbocycles. The van der Waals surface area contributed by atoms with Crippen LogP contribution in [-0.2, 0) is 16.0 Å². The van der Waals surface area contributed by atoms with Crippen molar-refractivity contribution in [1.82, 2.24) is 0 Å². The second kappa shape index (κ2) is 12.3. The molecule has 38 heavy (non-hydrogen) atoms. The Balaban J connectivity index is 1.39. The highest BCUT2D eigenvalue weighted by Gasteiger charge is 2.14. The number of aryl methyl sites for hydroxylation is 1. The van der Waals surface area contributed by atoms with Crippen molar-refractivity contribution in [3.8, 4) is 39.1 Å². The van der Waals surface area contributed by atoms with Crippen LogP contribution in [0.3, 0.4) is 0 Å². The highest BCUT2D eigenvalue weighted by atomic mass is 19.2. The number of carbonyl (C=O) groups is 1. The van der Waals surface area contributed by atoms with Gasteiger partial charge >= 0.3 is 5.97 Å². The number of rotatable bonds is 10. The van der Waals surface area contributed by atoms with Gasteiger partial charge < -0.3 is 9.47 Å². The molecule has 0 bridgehead atoms. The first kappa shape index (κ1) is 26.8. The summed E-state index contributed by atoms with van der Waals surface area (Å²) < 4.78 is 39.7. The van der Waals surface area contributed by atoms with Gasteiger partial charge in [0.25, 0.3) is 0 Å². The first-order valence-electron chi connectivity index (χ1n) is 12.6. The summed E-state index contributed by atoms with van der Waals surface area (Å²) in [5, 5.41) is 0. The average molecular weight is 513 g/mol. The summed E-state index contributed by atoms with van der Waals surface area (Å²) >= 11 is 0. The van der Waals surface area contributed by atoms with Gasteiger partial charge in [-0.05, 0) is 58.9 Å². The lowest BCUT2D eigenvalue weighted by molar-refractivity contribution is -0.139. The fraction of sp³-hybridized carbons (Fsp3) is 0.182. The normalized spacial score (nSPS) is 10.7. The summed E-state index contributed by atoms with van der Waals surface area (Å²) in [5.41, 5.74) is 5.78. The minimum absolute atomic E-state index is 0.160. The molecule has 0 N–H and O–H groups in total. The van der Waals surface area contributed by atoms with Gasteiger partial charge in [0.05, 0.1) is 0 Å². The Labute approximate surface area is 222 Å². The van der Waals surface area contributed by atoms with Gasteiger partial charge in [-0.25, -0.2) is 13.6 Å². The molecule has 3 nitrogen and oxygen atoms in total. The van der Waals surface area contributed by atoms with Crippen LogP contribution in [0.4, 0.5) is 8.78 Å². The molecule has 4 aromatic rings. The summed E-state index contributed by atoms with van der Waals surface area (Å²) in [5.74, 6) is -1.29. The fourth-order valence-corrected chi connectivity index (χ4v) is 4.13. The van der Waals surface area contributed by atoms with E-state index >= 15 is 0 Å². The predicted octanol–water partition coefficient (Wildman–Crippen LogP) is 8.42. The van der Waals surface area contributed by atoms with E-state index in [1.165, 1.54) is 0 Å². The first-order valence-corrected chi connectivity index (χ1v) is 12.6. The highest BCUT2D eigenvalue weighted by molar-refractivity contribution is 5.86. The van der Waals surface area contributed by atoms with E-state index in [4.69, 9.17) is 9.47 Å². The van der Waals surface area contributed by atoms with E-state index in [1.54, 1.807) is 19.1 Å². The quantitative estimate of drug-likeness (QED) is 0.122. The Kier molecular flexibility index (Phi) is 8.70. The van der Waals surface area contributed by atoms with Gasteiger partial charge in [-0.15, -0.1) is 0 Å². The Morgan fingerprint density at radius 3 is 1.71 bits per heavy atom. The van der Waals surface area contributed by atoms with Gasteiger partial charge in [0, 0.05) is 11.1 Å². The van der Waals surface area contributed by atoms with E-state index in [9.17, 15) is 13.6 Å². The second-order valence-electron chi connectivity index (χ2n) is 9.09. The molecular weight excluding hydrogens is 482 g/mol. The number of esters is 1. The Morgan fingerprint density at radius 2 is 1.21 bits per heavy atom. The van der Waals surface area contributed by atoms with Crippen LogP contribution in [0.25, 0.3) is 33.4 Å². The minimum Gasteiger partial charge on any atom is -0.490 e. The van der Waals surface area contributed by atoms with Crippen molar-refractivity contribution in [2.24, 2.45) is 0 Å². The monoisotopic (exact) mass is 512 g/mol. The number of benzene rings is 4. The molecule has 0 heterocycles. The van der Waals surface area contributed by atoms with Crippen LogP contribution in [0.5, 0.6) is 5.75 Å². The van der Waals surface area contributed by atoms with Crippen molar-refractivity contribution >= 4 is 5.97 Å². The van der Waals surface area contributed by atoms with Crippen LogP contribution in [0.15, 0.2) is 97.1 Å². The van der Waals surface area contributed by atoms with Gasteiger partial charge in [0.1, 0.15) is 19.0 Å². The largest absolute Gasteiger partial charge is 0.490 e. The molecule has 0 aromatic heterocycles. The SMILES string of the molecule is C=C(C)C(=O)OCCOc1ccc(-c2ccc(-c3ccc(-c4ccc(CCC)c(F)c4F)cc3)cc2)cc1. The van der Waals surface area contributed by atoms with Crippen LogP contribution >= 0.6 is 0 Å². The highest BCUT2D eigenvalue weighted by Crippen LogP contribution is 2.30. The molecule has 0 saturated carbocycles. The molecule has 0 aliphatic rings. The standard InChI is InChI=1S/C33H30F2O3/c1-4-5-28-16-19-30(32(35)31(28)34)27-12-10-25(11-13-27)23-6-8-24(9-7-23)26-14-17-29(18-15-26)37-20-21-38-33(36)22(2)3/h6-19H,2,4-5,20-21H2,1,3H3. The van der Waals surface area contributed by atoms with E-state index in [-0.39, 0.29) is 18.8 Å². The topological polar surface area (TPSA) is 35.5 Å². The summed E-state index contributed by atoms with van der Waals surface area (Å²) in [6, 6.07) is 26.6. The van der Waals surface area contributed by atoms with Crippen molar-refractivity contribution in [3.63, 3.8) is 0 Å². The van der Waals surface area contributed by atoms with E-state index < -0.39 is 17.6 Å². The third-order valence-corrected chi connectivity index (χ3v) is 6.22. The first-order chi connectivity index (χ1) is 18.4. The number of hydrogen-bond donors (Lipinski definition) is 0. The summed E-state index contributed by atoms with van der Waals surface area (Å²) in [6.45, 7) is 7.51. The molecule has 0 unspecified atom stereocenters. The third-order valence-electron chi connectivity index (χ3n) is 6.22. The number of carbonyl (C=O) groups excluding carboxylic acids is 1. The zero-order chi connectivity index (χ0) is 27.1. The lowest BCUT2D eigenvalue weighted by Gasteiger charge is -2.10. The molecule has 0 fully saturated rings. The molecule has 0 amide bonds. The van der Waals surface area contributed by atoms with Crippen molar-refractivity contribution in [3.05, 3.63) is 114 Å². The second-order valence-corrected chi connectivity index (χ2v) is 9.09. The molecule has 0 atom stereocenters. The van der Waals surface area contributed by atoms with Gasteiger partial charge in [-0.1, -0.05) is 92.7 Å². The molecule has 4 rings (SSSR count). The van der Waals surface area contributed by atoms with E-state index in [2.05, 4.69) is 6.58 Å². The summed E-state index contributed by atoms with van der Waals surface area (Å²) in [6.07, 6.45) is 1.28. The van der Waals surface area contributed by atoms with Crippen LogP contribution in [0.1, 0.15) is 25.8 Å². The zero-order valence-corrected chi connectivity index (χ0v) is 21.6. The summed E-state index contributed by atoms with van der Waals surface area (Å²) in [7, 11) is 0. The Bertz CT molecular complexity index is 1410. The molecular formula is C33H30F2O3. The average Bonchev–Trinajstić information content (AvgIpc) is 2.94. The molecule has 0 aliphatic heterocycles. The van der Waals surface area contributed by atoms with Crippen LogP contribution in [-0.4, -0.2) is 19.2 Å². The predicted molar refractivity (Wildman–Crippen MR) is 148 cm³/mol. The maximum Gasteiger partial charge on any atom is 0.333 e. The molecule has 0 saturated heterocycles. The van der Waals surface area contributed by atoms with Crippen LogP contribution in [0, 0.1) is 11.6 Å². The number of hydrogen-bond acceptors (Lipinski definition) is 3. The maximum absolute atomic E-state index is 14.7. The molecule has 0 radical (unpaired) electrons. The smallest absolute Gasteiger partial charge is 0.333 e. The maximum atomic E-state index is 14.7. The van der Waals surface area contributed by atoms with Crippen molar-refractivity contribution in [1.29, 1.82) is 0 Å². The summed E-state index contributed by atoms with van der Waals surface area (Å²) in [4.78, 5) is 11.4. The number of ether oxygens (including phenoxy) is 2. The van der Waals surface area contributed by atoms with Crippen LogP contribution in [0.2, 0.25) is 0 Å². The fourth-order valence-electron chi connectivity index (χ4n) is 4.13. The van der Waals surface area contributed by atoms with Crippen molar-refractivity contribution in [2.45, 2.75) is 26.7 Å². The van der Waals surface area contributed by atoms with Gasteiger partial charge in [-0.3, -0.25) is 0 Å². The number of halogens is 2. The van der Waals surface area contributed by atoms with E-state index in [0.717, 1.165) is 28.7 Å². The van der Waals surface area contributed by atoms with Crippen molar-refractivity contribution < 1.29 is 23.0 Å². The van der Waals surface area contributed by atoms with E-state index in [0.29, 0.717) is 28.9 Å². The molecule has 0 spiro atoms. The van der Waals surface area contributed by atoms with Crippen molar-refractivity contribution in [2.75, 3.05) is 13.2 Å². The van der Waals surface area contributed by atoms with Gasteiger partial charge in [-0.2, -0.15) is 0 Å². The Morgan fingerprint density at radius 1 is 0.711 bits per heavy atom. The molecule has 0 aliphatic carbocycles. The molecule has 194 valence electrons. The van der Waals surface area contributed by atoms with E-state index in [1.807, 2.05) is 79.7 Å². The van der Waals surface area contributed by atoms with Gasteiger partial charge in [0.15, 0.2) is 11.6 Å². The molecule has 5 heteroatoms. The Hall–Kier alpha value is -4.25. The third kappa shape index (κ3) is 6.35. The van der Waals surface area contributed by atoms with Gasteiger partial charge in [0.2, 0.25) is 0 Å². The zero-order valence-electron chi connectivity index (χ0n) is 21.6. The minimum atomic E-state index is -0.796.